The number of ether oxygens (including phenoxy) is 1. The van der Waals surface area contributed by atoms with Crippen molar-refractivity contribution in [2.75, 3.05) is 27.2 Å². The van der Waals surface area contributed by atoms with E-state index in [0.717, 1.165) is 12.0 Å². The Morgan fingerprint density at radius 1 is 1.19 bits per heavy atom. The first kappa shape index (κ1) is 24.6. The van der Waals surface area contributed by atoms with E-state index in [-0.39, 0.29) is 71.9 Å². The van der Waals surface area contributed by atoms with E-state index >= 15 is 0 Å². The van der Waals surface area contributed by atoms with Gasteiger partial charge in [0.25, 0.3) is 0 Å². The van der Waals surface area contributed by atoms with Gasteiger partial charge in [-0.15, -0.1) is 24.0 Å². The van der Waals surface area contributed by atoms with Crippen LogP contribution in [0.25, 0.3) is 0 Å². The highest BCUT2D eigenvalue weighted by molar-refractivity contribution is 14.0. The Kier molecular flexibility index (Phi) is 8.26. The second-order valence-electron chi connectivity index (χ2n) is 8.39. The van der Waals surface area contributed by atoms with Crippen LogP contribution in [0.15, 0.2) is 35.3 Å². The first-order valence-corrected chi connectivity index (χ1v) is 10.8. The molecule has 4 rings (SSSR count). The number of hydrogen-bond donors (Lipinski definition) is 2. The van der Waals surface area contributed by atoms with Gasteiger partial charge < -0.3 is 15.4 Å². The molecule has 2 N–H and O–H groups in total. The van der Waals surface area contributed by atoms with E-state index in [1.165, 1.54) is 18.1 Å². The molecule has 0 spiro atoms. The maximum absolute atomic E-state index is 13.7. The molecule has 1 saturated carbocycles. The number of carbonyl (C=O) groups excluding carboxylic acids is 2. The molecule has 1 aliphatic heterocycles. The number of fused-ring (bicyclic) bond motifs is 5. The van der Waals surface area contributed by atoms with Crippen molar-refractivity contribution in [1.82, 2.24) is 15.5 Å². The number of nitrogens with zero attached hydrogens (tertiary/aromatic N) is 2. The predicted molar refractivity (Wildman–Crippen MR) is 130 cm³/mol. The van der Waals surface area contributed by atoms with Crippen molar-refractivity contribution in [3.05, 3.63) is 47.3 Å². The minimum absolute atomic E-state index is 0. The first-order chi connectivity index (χ1) is 15.0. The largest absolute Gasteiger partial charge is 0.380 e. The maximum atomic E-state index is 13.7. The van der Waals surface area contributed by atoms with Crippen molar-refractivity contribution in [2.45, 2.75) is 26.0 Å². The van der Waals surface area contributed by atoms with E-state index < -0.39 is 0 Å². The highest BCUT2D eigenvalue weighted by Crippen LogP contribution is 2.52. The average molecular weight is 556 g/mol. The van der Waals surface area contributed by atoms with E-state index in [1.54, 1.807) is 19.2 Å². The fourth-order valence-electron chi connectivity index (χ4n) is 5.04. The molecule has 2 amide bonds. The number of methoxy groups -OCH3 is 1. The van der Waals surface area contributed by atoms with Gasteiger partial charge in [-0.1, -0.05) is 18.2 Å². The van der Waals surface area contributed by atoms with Crippen LogP contribution in [0.1, 0.15) is 24.0 Å². The molecule has 1 saturated heterocycles. The second kappa shape index (κ2) is 10.7. The summed E-state index contributed by atoms with van der Waals surface area (Å²) in [5, 5.41) is 6.40. The zero-order valence-corrected chi connectivity index (χ0v) is 20.7. The summed E-state index contributed by atoms with van der Waals surface area (Å²) >= 11 is 0. The number of rotatable bonds is 8. The van der Waals surface area contributed by atoms with Crippen molar-refractivity contribution in [2.24, 2.45) is 28.7 Å². The Hall–Kier alpha value is -2.01. The van der Waals surface area contributed by atoms with E-state index in [2.05, 4.69) is 27.8 Å². The fourth-order valence-corrected chi connectivity index (χ4v) is 5.04. The lowest BCUT2D eigenvalue weighted by Gasteiger charge is -2.18. The third-order valence-corrected chi connectivity index (χ3v) is 6.51. The van der Waals surface area contributed by atoms with Gasteiger partial charge in [-0.25, -0.2) is 4.39 Å². The number of allylic oxidation sites excluding steroid dienone is 2. The maximum Gasteiger partial charge on any atom is 0.233 e. The molecule has 2 aliphatic carbocycles. The van der Waals surface area contributed by atoms with Gasteiger partial charge in [0.1, 0.15) is 5.82 Å². The molecule has 32 heavy (non-hydrogen) atoms. The lowest BCUT2D eigenvalue weighted by Crippen LogP contribution is -2.39. The molecule has 7 nitrogen and oxygen atoms in total. The molecule has 4 unspecified atom stereocenters. The normalized spacial score (nSPS) is 25.8. The van der Waals surface area contributed by atoms with Gasteiger partial charge in [0.15, 0.2) is 5.96 Å². The van der Waals surface area contributed by atoms with Gasteiger partial charge in [0.05, 0.1) is 18.4 Å². The predicted octanol–water partition coefficient (Wildman–Crippen LogP) is 2.45. The van der Waals surface area contributed by atoms with E-state index in [1.807, 2.05) is 0 Å². The molecule has 1 heterocycles. The summed E-state index contributed by atoms with van der Waals surface area (Å²) in [7, 11) is 3.21. The molecule has 1 aromatic carbocycles. The summed E-state index contributed by atoms with van der Waals surface area (Å²) in [6.07, 6.45) is 5.81. The molecular formula is C23H30FIN4O3. The van der Waals surface area contributed by atoms with Crippen LogP contribution < -0.4 is 10.6 Å². The third-order valence-electron chi connectivity index (χ3n) is 6.51. The minimum Gasteiger partial charge on any atom is -0.380 e. The van der Waals surface area contributed by atoms with Crippen molar-refractivity contribution >= 4 is 41.8 Å². The molecule has 1 aromatic rings. The Bertz CT molecular complexity index is 893. The number of nitrogens with one attached hydrogen (secondary N) is 2. The van der Waals surface area contributed by atoms with Gasteiger partial charge in [-0.2, -0.15) is 0 Å². The molecular weight excluding hydrogens is 526 g/mol. The Morgan fingerprint density at radius 2 is 1.88 bits per heavy atom. The van der Waals surface area contributed by atoms with Gasteiger partial charge in [-0.3, -0.25) is 19.5 Å². The van der Waals surface area contributed by atoms with Crippen LogP contribution in [0.4, 0.5) is 4.39 Å². The highest BCUT2D eigenvalue weighted by Gasteiger charge is 2.58. The van der Waals surface area contributed by atoms with Crippen LogP contribution in [0, 0.1) is 29.5 Å². The van der Waals surface area contributed by atoms with Crippen LogP contribution in [-0.2, 0) is 27.5 Å². The number of hydrogen-bond acceptors (Lipinski definition) is 4. The lowest BCUT2D eigenvalue weighted by molar-refractivity contribution is -0.140. The smallest absolute Gasteiger partial charge is 0.233 e. The van der Waals surface area contributed by atoms with Crippen LogP contribution >= 0.6 is 24.0 Å². The summed E-state index contributed by atoms with van der Waals surface area (Å²) in [4.78, 5) is 31.1. The standard InChI is InChI=1S/C23H29FN4O3.HI/c1-25-23(27-12-14-4-7-18(24)17(10-14)13-31-2)26-8-3-9-28-21(29)19-15-5-6-16(11-15)20(19)22(28)30;/h4-7,10,15-16,19-20H,3,8-9,11-13H2,1-2H3,(H2,25,26,27);1H. The molecule has 0 radical (unpaired) electrons. The molecule has 2 bridgehead atoms. The molecule has 174 valence electrons. The highest BCUT2D eigenvalue weighted by atomic mass is 127. The van der Waals surface area contributed by atoms with E-state index in [0.29, 0.717) is 37.6 Å². The summed E-state index contributed by atoms with van der Waals surface area (Å²) in [6, 6.07) is 4.92. The number of likely N-dealkylation sites (tertiary alicyclic amines) is 1. The Balaban J connectivity index is 0.00000289. The Morgan fingerprint density at radius 3 is 2.50 bits per heavy atom. The number of amides is 2. The van der Waals surface area contributed by atoms with Gasteiger partial charge in [0, 0.05) is 39.4 Å². The van der Waals surface area contributed by atoms with Crippen molar-refractivity contribution in [3.63, 3.8) is 0 Å². The van der Waals surface area contributed by atoms with Crippen LogP contribution in [-0.4, -0.2) is 49.9 Å². The first-order valence-electron chi connectivity index (χ1n) is 10.8. The monoisotopic (exact) mass is 556 g/mol. The molecule has 3 aliphatic rings. The summed E-state index contributed by atoms with van der Waals surface area (Å²) < 4.78 is 18.8. The number of aliphatic imine (C=N–C) groups is 1. The zero-order valence-electron chi connectivity index (χ0n) is 18.3. The summed E-state index contributed by atoms with van der Waals surface area (Å²) in [5.74, 6) is 0.534. The number of benzene rings is 1. The lowest BCUT2D eigenvalue weighted by atomic mass is 9.85. The van der Waals surface area contributed by atoms with E-state index in [9.17, 15) is 14.0 Å². The summed E-state index contributed by atoms with van der Waals surface area (Å²) in [5.41, 5.74) is 1.43. The molecule has 2 fully saturated rings. The molecule has 0 aromatic heterocycles. The van der Waals surface area contributed by atoms with E-state index in [4.69, 9.17) is 4.74 Å². The summed E-state index contributed by atoms with van der Waals surface area (Å²) in [6.45, 7) is 1.71. The quantitative estimate of drug-likeness (QED) is 0.129. The fraction of sp³-hybridized carbons (Fsp3) is 0.522. The zero-order chi connectivity index (χ0) is 22.0. The van der Waals surface area contributed by atoms with Gasteiger partial charge >= 0.3 is 0 Å². The van der Waals surface area contributed by atoms with Crippen molar-refractivity contribution in [3.8, 4) is 0 Å². The SMILES string of the molecule is CN=C(NCCCN1C(=O)C2C3C=CC(C3)C2C1=O)NCc1ccc(F)c(COC)c1.I. The molecule has 4 atom stereocenters. The average Bonchev–Trinajstić information content (AvgIpc) is 3.45. The van der Waals surface area contributed by atoms with Crippen LogP contribution in [0.2, 0.25) is 0 Å². The van der Waals surface area contributed by atoms with Gasteiger partial charge in [-0.05, 0) is 42.4 Å². The minimum atomic E-state index is -0.285. The Labute approximate surface area is 204 Å². The number of imide groups is 1. The third kappa shape index (κ3) is 4.83. The topological polar surface area (TPSA) is 83.0 Å². The van der Waals surface area contributed by atoms with Crippen molar-refractivity contribution in [1.29, 1.82) is 0 Å². The number of carbonyl (C=O) groups is 2. The number of halogens is 2. The number of guanidine groups is 1. The van der Waals surface area contributed by atoms with Crippen molar-refractivity contribution < 1.29 is 18.7 Å². The van der Waals surface area contributed by atoms with Crippen LogP contribution in [0.5, 0.6) is 0 Å². The van der Waals surface area contributed by atoms with Crippen LogP contribution in [0.3, 0.4) is 0 Å². The van der Waals surface area contributed by atoms with Gasteiger partial charge in [0.2, 0.25) is 11.8 Å². The molecule has 9 heteroatoms. The second-order valence-corrected chi connectivity index (χ2v) is 8.39.